The monoisotopic (exact) mass is 279 g/mol. The van der Waals surface area contributed by atoms with E-state index in [1.165, 1.54) is 3.97 Å². The van der Waals surface area contributed by atoms with Crippen molar-refractivity contribution < 1.29 is 4.39 Å². The minimum atomic E-state index is -0.707. The van der Waals surface area contributed by atoms with Crippen LogP contribution in [0.15, 0.2) is 40.2 Å². The first-order chi connectivity index (χ1) is 9.02. The van der Waals surface area contributed by atoms with Crippen molar-refractivity contribution in [3.8, 4) is 0 Å². The molecular weight excluding hydrogens is 265 g/mol. The Balaban J connectivity index is 2.46. The Bertz CT molecular complexity index is 703. The van der Waals surface area contributed by atoms with Crippen LogP contribution in [0.2, 0.25) is 0 Å². The summed E-state index contributed by atoms with van der Waals surface area (Å²) in [5.74, 6) is -0.707. The summed E-state index contributed by atoms with van der Waals surface area (Å²) >= 11 is 1.14. The fourth-order valence-electron chi connectivity index (χ4n) is 1.63. The molecule has 4 nitrogen and oxygen atoms in total. The number of hydrogen-bond acceptors (Lipinski definition) is 3. The summed E-state index contributed by atoms with van der Waals surface area (Å²) in [5, 5.41) is 7.51. The highest BCUT2D eigenvalue weighted by Crippen LogP contribution is 2.18. The second-order valence-corrected chi connectivity index (χ2v) is 5.13. The van der Waals surface area contributed by atoms with Crippen LogP contribution in [0.25, 0.3) is 0 Å². The summed E-state index contributed by atoms with van der Waals surface area (Å²) < 4.78 is 15.9. The molecule has 1 N–H and O–H groups in total. The van der Waals surface area contributed by atoms with Gasteiger partial charge in [-0.1, -0.05) is 17.7 Å². The maximum Gasteiger partial charge on any atom is 0.340 e. The summed E-state index contributed by atoms with van der Waals surface area (Å²) in [5.41, 5.74) is 0.334. The van der Waals surface area contributed by atoms with Gasteiger partial charge in [-0.15, -0.1) is 0 Å². The smallest absolute Gasteiger partial charge is 0.282 e. The predicted molar refractivity (Wildman–Crippen MR) is 72.6 cm³/mol. The predicted octanol–water partition coefficient (Wildman–Crippen LogP) is 2.15. The van der Waals surface area contributed by atoms with Crippen molar-refractivity contribution in [2.45, 2.75) is 25.3 Å². The van der Waals surface area contributed by atoms with Crippen LogP contribution in [0, 0.1) is 18.2 Å². The number of benzene rings is 1. The topological polar surface area (TPSA) is 50.8 Å². The van der Waals surface area contributed by atoms with Crippen molar-refractivity contribution in [1.82, 2.24) is 8.54 Å². The van der Waals surface area contributed by atoms with Gasteiger partial charge in [-0.25, -0.2) is 13.2 Å². The normalized spacial score (nSPS) is 10.7. The Morgan fingerprint density at radius 3 is 2.53 bits per heavy atom. The summed E-state index contributed by atoms with van der Waals surface area (Å²) in [7, 11) is 0. The van der Waals surface area contributed by atoms with Crippen LogP contribution < -0.4 is 11.2 Å². The number of rotatable bonds is 3. The van der Waals surface area contributed by atoms with Crippen LogP contribution in [-0.4, -0.2) is 8.54 Å². The minimum absolute atomic E-state index is 0.268. The number of halogens is 1. The highest BCUT2D eigenvalue weighted by atomic mass is 32.2. The molecule has 19 heavy (non-hydrogen) atoms. The molecule has 1 heterocycles. The van der Waals surface area contributed by atoms with E-state index >= 15 is 0 Å². The largest absolute Gasteiger partial charge is 0.340 e. The lowest BCUT2D eigenvalue weighted by atomic mass is 10.2. The third-order valence-electron chi connectivity index (χ3n) is 2.69. The number of aromatic nitrogens is 2. The van der Waals surface area contributed by atoms with Gasteiger partial charge >= 0.3 is 5.69 Å². The van der Waals surface area contributed by atoms with Crippen molar-refractivity contribution in [3.05, 3.63) is 57.8 Å². The Labute approximate surface area is 114 Å². The van der Waals surface area contributed by atoms with Crippen molar-refractivity contribution >= 4 is 11.9 Å². The van der Waals surface area contributed by atoms with Gasteiger partial charge in [0, 0.05) is 11.4 Å². The maximum atomic E-state index is 13.6. The third-order valence-corrected chi connectivity index (χ3v) is 3.63. The molecule has 100 valence electrons. The van der Waals surface area contributed by atoms with E-state index in [0.29, 0.717) is 0 Å². The van der Waals surface area contributed by atoms with Crippen LogP contribution in [0.1, 0.15) is 12.5 Å². The summed E-state index contributed by atoms with van der Waals surface area (Å²) in [6.07, 6.45) is 1.06. The van der Waals surface area contributed by atoms with E-state index in [1.54, 1.807) is 6.92 Å². The minimum Gasteiger partial charge on any atom is -0.282 e. The molecule has 0 saturated heterocycles. The molecule has 0 unspecified atom stereocenters. The standard InChI is InChI=1S/C13H14FN3OS/c1-3-16-12(15)11(14)8-17(13(16)18)19-10-6-4-9(2)5-7-10/h4-8,15H,3H2,1-2H3. The molecule has 0 fully saturated rings. The van der Waals surface area contributed by atoms with Gasteiger partial charge < -0.3 is 0 Å². The second kappa shape index (κ2) is 5.44. The SMILES string of the molecule is CCn1c(=N)c(F)cn(Sc2ccc(C)cc2)c1=O. The first-order valence-corrected chi connectivity index (χ1v) is 6.62. The van der Waals surface area contributed by atoms with Gasteiger partial charge in [0.15, 0.2) is 11.3 Å². The molecule has 1 aromatic carbocycles. The number of hydrogen-bond donors (Lipinski definition) is 1. The highest BCUT2D eigenvalue weighted by molar-refractivity contribution is 7.97. The fourth-order valence-corrected chi connectivity index (χ4v) is 2.44. The molecule has 2 aromatic rings. The third kappa shape index (κ3) is 2.78. The van der Waals surface area contributed by atoms with E-state index in [1.807, 2.05) is 31.2 Å². The van der Waals surface area contributed by atoms with Gasteiger partial charge in [0.25, 0.3) is 0 Å². The second-order valence-electron chi connectivity index (χ2n) is 4.08. The Kier molecular flexibility index (Phi) is 3.90. The zero-order valence-corrected chi connectivity index (χ0v) is 11.5. The van der Waals surface area contributed by atoms with E-state index in [2.05, 4.69) is 0 Å². The van der Waals surface area contributed by atoms with Crippen LogP contribution in [-0.2, 0) is 6.54 Å². The molecular formula is C13H14FN3OS. The summed E-state index contributed by atoms with van der Waals surface area (Å²) in [6, 6.07) is 7.59. The van der Waals surface area contributed by atoms with Crippen molar-refractivity contribution in [3.63, 3.8) is 0 Å². The molecule has 2 rings (SSSR count). The zero-order valence-electron chi connectivity index (χ0n) is 10.7. The molecule has 0 aliphatic rings. The van der Waals surface area contributed by atoms with E-state index in [9.17, 15) is 9.18 Å². The summed E-state index contributed by atoms with van der Waals surface area (Å²) in [6.45, 7) is 3.95. The van der Waals surface area contributed by atoms with Gasteiger partial charge in [-0.3, -0.25) is 9.98 Å². The molecule has 0 amide bonds. The lowest BCUT2D eigenvalue weighted by molar-refractivity contribution is 0.529. The molecule has 6 heteroatoms. The Hall–Kier alpha value is -1.82. The number of aryl methyl sites for hydroxylation is 1. The average Bonchev–Trinajstić information content (AvgIpc) is 2.39. The number of nitrogens with one attached hydrogen (secondary N) is 1. The Morgan fingerprint density at radius 2 is 1.95 bits per heavy atom. The van der Waals surface area contributed by atoms with Crippen molar-refractivity contribution in [2.75, 3.05) is 0 Å². The molecule has 0 aliphatic heterocycles. The molecule has 1 aromatic heterocycles. The first-order valence-electron chi connectivity index (χ1n) is 5.84. The molecule has 0 aliphatic carbocycles. The zero-order chi connectivity index (χ0) is 14.0. The molecule has 0 saturated carbocycles. The van der Waals surface area contributed by atoms with E-state index in [0.717, 1.165) is 33.2 Å². The van der Waals surface area contributed by atoms with E-state index in [4.69, 9.17) is 5.41 Å². The lowest BCUT2D eigenvalue weighted by Gasteiger charge is -2.09. The van der Waals surface area contributed by atoms with Gasteiger partial charge in [0.05, 0.1) is 6.20 Å². The fraction of sp³-hybridized carbons (Fsp3) is 0.231. The molecule has 0 radical (unpaired) electrons. The van der Waals surface area contributed by atoms with Gasteiger partial charge in [-0.05, 0) is 37.9 Å². The van der Waals surface area contributed by atoms with Crippen LogP contribution >= 0.6 is 11.9 Å². The first kappa shape index (κ1) is 13.6. The number of nitrogens with zero attached hydrogens (tertiary/aromatic N) is 2. The van der Waals surface area contributed by atoms with Crippen molar-refractivity contribution in [1.29, 1.82) is 5.41 Å². The van der Waals surface area contributed by atoms with Gasteiger partial charge in [0.2, 0.25) is 0 Å². The molecule has 0 bridgehead atoms. The quantitative estimate of drug-likeness (QED) is 0.936. The highest BCUT2D eigenvalue weighted by Gasteiger charge is 2.08. The van der Waals surface area contributed by atoms with Crippen LogP contribution in [0.5, 0.6) is 0 Å². The van der Waals surface area contributed by atoms with Gasteiger partial charge in [-0.2, -0.15) is 0 Å². The van der Waals surface area contributed by atoms with E-state index in [-0.39, 0.29) is 12.0 Å². The molecule has 0 spiro atoms. The molecule has 0 atom stereocenters. The average molecular weight is 279 g/mol. The van der Waals surface area contributed by atoms with Crippen molar-refractivity contribution in [2.24, 2.45) is 0 Å². The Morgan fingerprint density at radius 1 is 1.32 bits per heavy atom. The van der Waals surface area contributed by atoms with E-state index < -0.39 is 11.5 Å². The lowest BCUT2D eigenvalue weighted by Crippen LogP contribution is -2.39. The maximum absolute atomic E-state index is 13.6. The summed E-state index contributed by atoms with van der Waals surface area (Å²) in [4.78, 5) is 12.9. The van der Waals surface area contributed by atoms with Gasteiger partial charge in [0.1, 0.15) is 0 Å². The van der Waals surface area contributed by atoms with Crippen LogP contribution in [0.3, 0.4) is 0 Å². The van der Waals surface area contributed by atoms with Crippen LogP contribution in [0.4, 0.5) is 4.39 Å².